The molecule has 2 aromatic rings. The lowest BCUT2D eigenvalue weighted by Gasteiger charge is -2.36. The van der Waals surface area contributed by atoms with Crippen LogP contribution in [0.15, 0.2) is 42.7 Å². The second-order valence-corrected chi connectivity index (χ2v) is 6.41. The third kappa shape index (κ3) is 5.08. The Morgan fingerprint density at radius 3 is 2.63 bits per heavy atom. The number of hydrogen-bond acceptors (Lipinski definition) is 4. The Kier molecular flexibility index (Phi) is 6.12. The van der Waals surface area contributed by atoms with Crippen LogP contribution >= 0.6 is 0 Å². The predicted octanol–water partition coefficient (Wildman–Crippen LogP) is 1.50. The summed E-state index contributed by atoms with van der Waals surface area (Å²) in [6.07, 6.45) is -1.01. The van der Waals surface area contributed by atoms with Gasteiger partial charge in [0.05, 0.1) is 6.54 Å². The predicted molar refractivity (Wildman–Crippen MR) is 94.4 cm³/mol. The maximum absolute atomic E-state index is 13.5. The highest BCUT2D eigenvalue weighted by molar-refractivity contribution is 5.95. The van der Waals surface area contributed by atoms with E-state index in [0.717, 1.165) is 0 Å². The topological polar surface area (TPSA) is 62.2 Å². The average molecular weight is 381 g/mol. The first-order chi connectivity index (χ1) is 12.9. The van der Waals surface area contributed by atoms with Gasteiger partial charge in [0.15, 0.2) is 0 Å². The SMILES string of the molecule is O=C(NCC(N1CCNCC1)C(F)(F)F)c1ccccc1Cn1cccn1. The fourth-order valence-electron chi connectivity index (χ4n) is 3.18. The number of alkyl halides is 3. The van der Waals surface area contributed by atoms with E-state index in [9.17, 15) is 18.0 Å². The standard InChI is InChI=1S/C18H22F3N5O/c19-18(20,21)16(25-10-7-22-8-11-25)12-23-17(27)15-5-2-1-4-14(15)13-26-9-3-6-24-26/h1-6,9,16,22H,7-8,10-13H2,(H,23,27). The quantitative estimate of drug-likeness (QED) is 0.796. The Hall–Kier alpha value is -2.39. The number of amides is 1. The summed E-state index contributed by atoms with van der Waals surface area (Å²) in [4.78, 5) is 13.9. The van der Waals surface area contributed by atoms with Crippen molar-refractivity contribution in [3.05, 3.63) is 53.9 Å². The van der Waals surface area contributed by atoms with Gasteiger partial charge in [-0.05, 0) is 17.7 Å². The Morgan fingerprint density at radius 2 is 1.96 bits per heavy atom. The van der Waals surface area contributed by atoms with Crippen LogP contribution in [-0.4, -0.2) is 65.5 Å². The van der Waals surface area contributed by atoms with Gasteiger partial charge in [-0.25, -0.2) is 0 Å². The smallest absolute Gasteiger partial charge is 0.350 e. The Labute approximate surface area is 155 Å². The molecule has 3 rings (SSSR count). The molecule has 6 nitrogen and oxygen atoms in total. The van der Waals surface area contributed by atoms with Crippen molar-refractivity contribution in [1.29, 1.82) is 0 Å². The van der Waals surface area contributed by atoms with Gasteiger partial charge in [-0.15, -0.1) is 0 Å². The van der Waals surface area contributed by atoms with Gasteiger partial charge < -0.3 is 10.6 Å². The molecular formula is C18H22F3N5O. The first kappa shape index (κ1) is 19.4. The van der Waals surface area contributed by atoms with Gasteiger partial charge in [-0.1, -0.05) is 18.2 Å². The largest absolute Gasteiger partial charge is 0.405 e. The normalized spacial score (nSPS) is 16.9. The molecule has 27 heavy (non-hydrogen) atoms. The van der Waals surface area contributed by atoms with Crippen LogP contribution in [0.5, 0.6) is 0 Å². The summed E-state index contributed by atoms with van der Waals surface area (Å²) in [6.45, 7) is 1.52. The summed E-state index contributed by atoms with van der Waals surface area (Å²) >= 11 is 0. The first-order valence-electron chi connectivity index (χ1n) is 8.80. The minimum Gasteiger partial charge on any atom is -0.350 e. The highest BCUT2D eigenvalue weighted by Gasteiger charge is 2.43. The maximum atomic E-state index is 13.5. The van der Waals surface area contributed by atoms with Crippen LogP contribution in [-0.2, 0) is 6.54 Å². The fourth-order valence-corrected chi connectivity index (χ4v) is 3.18. The second-order valence-electron chi connectivity index (χ2n) is 6.41. The molecule has 1 atom stereocenters. The molecule has 0 radical (unpaired) electrons. The molecule has 9 heteroatoms. The van der Waals surface area contributed by atoms with Crippen molar-refractivity contribution in [3.8, 4) is 0 Å². The van der Waals surface area contributed by atoms with E-state index in [4.69, 9.17) is 0 Å². The van der Waals surface area contributed by atoms with Gasteiger partial charge in [0.2, 0.25) is 0 Å². The number of halogens is 3. The number of carbonyl (C=O) groups is 1. The number of rotatable bonds is 6. The molecule has 1 amide bonds. The third-order valence-corrected chi connectivity index (χ3v) is 4.58. The minimum atomic E-state index is -4.40. The molecule has 0 bridgehead atoms. The average Bonchev–Trinajstić information content (AvgIpc) is 3.15. The number of piperazine rings is 1. The Morgan fingerprint density at radius 1 is 1.22 bits per heavy atom. The molecule has 1 saturated heterocycles. The van der Waals surface area contributed by atoms with Crippen LogP contribution in [0.3, 0.4) is 0 Å². The van der Waals surface area contributed by atoms with Crippen molar-refractivity contribution < 1.29 is 18.0 Å². The number of hydrogen-bond donors (Lipinski definition) is 2. The molecule has 0 saturated carbocycles. The van der Waals surface area contributed by atoms with Crippen molar-refractivity contribution >= 4 is 5.91 Å². The maximum Gasteiger partial charge on any atom is 0.405 e. The molecule has 2 N–H and O–H groups in total. The molecule has 146 valence electrons. The molecule has 1 aromatic heterocycles. The van der Waals surface area contributed by atoms with Crippen molar-refractivity contribution in [3.63, 3.8) is 0 Å². The zero-order valence-electron chi connectivity index (χ0n) is 14.7. The summed E-state index contributed by atoms with van der Waals surface area (Å²) in [7, 11) is 0. The summed E-state index contributed by atoms with van der Waals surface area (Å²) in [5.41, 5.74) is 1.05. The van der Waals surface area contributed by atoms with Gasteiger partial charge in [0, 0.05) is 50.7 Å². The summed E-state index contributed by atoms with van der Waals surface area (Å²) < 4.78 is 42.0. The highest BCUT2D eigenvalue weighted by atomic mass is 19.4. The molecule has 0 aliphatic carbocycles. The number of carbonyl (C=O) groups excluding carboxylic acids is 1. The summed E-state index contributed by atoms with van der Waals surface area (Å²) in [5, 5.41) is 9.61. The zero-order valence-corrected chi connectivity index (χ0v) is 14.7. The monoisotopic (exact) mass is 381 g/mol. The van der Waals surface area contributed by atoms with E-state index in [2.05, 4.69) is 15.7 Å². The molecule has 1 fully saturated rings. The van der Waals surface area contributed by atoms with Crippen LogP contribution < -0.4 is 10.6 Å². The van der Waals surface area contributed by atoms with Crippen LogP contribution in [0.1, 0.15) is 15.9 Å². The van der Waals surface area contributed by atoms with Crippen molar-refractivity contribution in [2.75, 3.05) is 32.7 Å². The van der Waals surface area contributed by atoms with E-state index in [0.29, 0.717) is 43.9 Å². The molecule has 1 aliphatic heterocycles. The van der Waals surface area contributed by atoms with Crippen molar-refractivity contribution in [1.82, 2.24) is 25.3 Å². The van der Waals surface area contributed by atoms with Gasteiger partial charge >= 0.3 is 6.18 Å². The molecule has 1 aromatic carbocycles. The molecule has 2 heterocycles. The van der Waals surface area contributed by atoms with Crippen LogP contribution in [0.25, 0.3) is 0 Å². The number of aromatic nitrogens is 2. The molecular weight excluding hydrogens is 359 g/mol. The molecule has 1 aliphatic rings. The first-order valence-corrected chi connectivity index (χ1v) is 8.80. The minimum absolute atomic E-state index is 0.302. The lowest BCUT2D eigenvalue weighted by molar-refractivity contribution is -0.183. The van der Waals surface area contributed by atoms with E-state index < -0.39 is 24.7 Å². The Bertz CT molecular complexity index is 742. The number of nitrogens with zero attached hydrogens (tertiary/aromatic N) is 3. The zero-order chi connectivity index (χ0) is 19.3. The highest BCUT2D eigenvalue weighted by Crippen LogP contribution is 2.25. The molecule has 1 unspecified atom stereocenters. The van der Waals surface area contributed by atoms with Gasteiger partial charge in [0.25, 0.3) is 5.91 Å². The van der Waals surface area contributed by atoms with E-state index in [1.54, 1.807) is 47.4 Å². The Balaban J connectivity index is 1.69. The number of benzene rings is 1. The van der Waals surface area contributed by atoms with Crippen LogP contribution in [0.2, 0.25) is 0 Å². The van der Waals surface area contributed by atoms with E-state index >= 15 is 0 Å². The van der Waals surface area contributed by atoms with Gasteiger partial charge in [0.1, 0.15) is 6.04 Å². The van der Waals surface area contributed by atoms with Crippen LogP contribution in [0.4, 0.5) is 13.2 Å². The van der Waals surface area contributed by atoms with E-state index in [1.165, 1.54) is 4.90 Å². The van der Waals surface area contributed by atoms with Crippen LogP contribution in [0, 0.1) is 0 Å². The summed E-state index contributed by atoms with van der Waals surface area (Å²) in [5.74, 6) is -0.512. The van der Waals surface area contributed by atoms with Crippen molar-refractivity contribution in [2.45, 2.75) is 18.8 Å². The molecule has 0 spiro atoms. The van der Waals surface area contributed by atoms with Gasteiger partial charge in [-0.2, -0.15) is 18.3 Å². The summed E-state index contributed by atoms with van der Waals surface area (Å²) in [6, 6.07) is 6.94. The number of nitrogens with one attached hydrogen (secondary N) is 2. The second kappa shape index (κ2) is 8.53. The van der Waals surface area contributed by atoms with E-state index in [1.807, 2.05) is 0 Å². The lowest BCUT2D eigenvalue weighted by atomic mass is 10.1. The lowest BCUT2D eigenvalue weighted by Crippen LogP contribution is -2.57. The fraction of sp³-hybridized carbons (Fsp3) is 0.444. The van der Waals surface area contributed by atoms with Gasteiger partial charge in [-0.3, -0.25) is 14.4 Å². The third-order valence-electron chi connectivity index (χ3n) is 4.58. The van der Waals surface area contributed by atoms with E-state index in [-0.39, 0.29) is 0 Å². The van der Waals surface area contributed by atoms with Crippen molar-refractivity contribution in [2.24, 2.45) is 0 Å².